The number of nitrogens with zero attached hydrogens (tertiary/aromatic N) is 2. The van der Waals surface area contributed by atoms with Gasteiger partial charge in [0.1, 0.15) is 11.6 Å². The number of primary amides is 1. The lowest BCUT2D eigenvalue weighted by Gasteiger charge is -2.34. The highest BCUT2D eigenvalue weighted by molar-refractivity contribution is 5.90. The number of carbonyl (C=O) groups excluding carboxylic acids is 1. The molecule has 2 aromatic rings. The SMILES string of the molecule is CC1(C)[C@H]2CC[C@]1(C(N)=O)c1nnc(-c3c(F)cccc3F)cc12. The van der Waals surface area contributed by atoms with Crippen molar-refractivity contribution in [2.24, 2.45) is 11.1 Å². The molecule has 2 aliphatic carbocycles. The van der Waals surface area contributed by atoms with Crippen molar-refractivity contribution in [2.75, 3.05) is 0 Å². The van der Waals surface area contributed by atoms with E-state index in [0.717, 1.165) is 12.0 Å². The van der Waals surface area contributed by atoms with Gasteiger partial charge in [0.15, 0.2) is 0 Å². The first-order valence-electron chi connectivity index (χ1n) is 7.93. The van der Waals surface area contributed by atoms with Crippen molar-refractivity contribution < 1.29 is 13.6 Å². The number of fused-ring (bicyclic) bond motifs is 5. The zero-order valence-corrected chi connectivity index (χ0v) is 13.4. The van der Waals surface area contributed by atoms with Crippen molar-refractivity contribution in [2.45, 2.75) is 38.0 Å². The molecule has 0 spiro atoms. The Bertz CT molecular complexity index is 860. The van der Waals surface area contributed by atoms with Crippen LogP contribution in [0, 0.1) is 17.0 Å². The van der Waals surface area contributed by atoms with Crippen LogP contribution in [0.15, 0.2) is 24.3 Å². The minimum atomic E-state index is -0.855. The van der Waals surface area contributed by atoms with Gasteiger partial charge in [-0.25, -0.2) is 8.78 Å². The number of carbonyl (C=O) groups is 1. The fourth-order valence-electron chi connectivity index (χ4n) is 4.73. The van der Waals surface area contributed by atoms with Crippen LogP contribution in [0.1, 0.15) is 43.9 Å². The van der Waals surface area contributed by atoms with Crippen molar-refractivity contribution >= 4 is 5.91 Å². The molecule has 6 heteroatoms. The zero-order chi connectivity index (χ0) is 17.3. The molecule has 0 saturated heterocycles. The minimum absolute atomic E-state index is 0.0732. The molecule has 124 valence electrons. The Hall–Kier alpha value is -2.37. The average molecular weight is 329 g/mol. The number of nitrogens with two attached hydrogens (primary N) is 1. The molecule has 1 saturated carbocycles. The predicted molar refractivity (Wildman–Crippen MR) is 84.0 cm³/mol. The Morgan fingerprint density at radius 1 is 1.25 bits per heavy atom. The Kier molecular flexibility index (Phi) is 2.90. The second-order valence-corrected chi connectivity index (χ2v) is 7.21. The van der Waals surface area contributed by atoms with Crippen LogP contribution >= 0.6 is 0 Å². The van der Waals surface area contributed by atoms with E-state index in [1.165, 1.54) is 18.2 Å². The predicted octanol–water partition coefficient (Wildman–Crippen LogP) is 3.06. The maximum atomic E-state index is 14.0. The van der Waals surface area contributed by atoms with E-state index in [4.69, 9.17) is 5.73 Å². The number of rotatable bonds is 2. The van der Waals surface area contributed by atoms with Crippen molar-refractivity contribution in [3.63, 3.8) is 0 Å². The maximum absolute atomic E-state index is 14.0. The van der Waals surface area contributed by atoms with Gasteiger partial charge in [0, 0.05) is 0 Å². The molecule has 1 amide bonds. The van der Waals surface area contributed by atoms with E-state index in [1.54, 1.807) is 6.07 Å². The van der Waals surface area contributed by atoms with Gasteiger partial charge in [-0.2, -0.15) is 5.10 Å². The van der Waals surface area contributed by atoms with Crippen molar-refractivity contribution in [1.29, 1.82) is 0 Å². The lowest BCUT2D eigenvalue weighted by Crippen LogP contribution is -2.47. The van der Waals surface area contributed by atoms with Gasteiger partial charge in [-0.1, -0.05) is 19.9 Å². The van der Waals surface area contributed by atoms with Gasteiger partial charge in [-0.05, 0) is 47.9 Å². The summed E-state index contributed by atoms with van der Waals surface area (Å²) in [6.45, 7) is 4.00. The molecule has 1 fully saturated rings. The van der Waals surface area contributed by atoms with Crippen LogP contribution < -0.4 is 5.73 Å². The normalized spacial score (nSPS) is 26.4. The lowest BCUT2D eigenvalue weighted by atomic mass is 9.68. The van der Waals surface area contributed by atoms with E-state index in [9.17, 15) is 13.6 Å². The molecule has 1 heterocycles. The molecule has 24 heavy (non-hydrogen) atoms. The molecule has 1 aromatic heterocycles. The van der Waals surface area contributed by atoms with Crippen LogP contribution in [-0.4, -0.2) is 16.1 Å². The fourth-order valence-corrected chi connectivity index (χ4v) is 4.73. The molecule has 2 N–H and O–H groups in total. The van der Waals surface area contributed by atoms with Crippen LogP contribution in [0.5, 0.6) is 0 Å². The summed E-state index contributed by atoms with van der Waals surface area (Å²) in [6.07, 6.45) is 1.43. The van der Waals surface area contributed by atoms with Crippen LogP contribution in [0.25, 0.3) is 11.3 Å². The number of aromatic nitrogens is 2. The molecule has 2 aliphatic rings. The molecule has 4 rings (SSSR count). The standard InChI is InChI=1S/C18H17F2N3O/c1-17(2)10-6-7-18(17,16(21)24)15-9(10)8-13(22-23-15)14-11(19)4-3-5-12(14)20/h3-5,8,10H,6-7H2,1-2H3,(H2,21,24)/t10-,18+/m0/s1. The van der Waals surface area contributed by atoms with Crippen molar-refractivity contribution in [1.82, 2.24) is 10.2 Å². The highest BCUT2D eigenvalue weighted by atomic mass is 19.1. The molecule has 4 nitrogen and oxygen atoms in total. The van der Waals surface area contributed by atoms with E-state index in [2.05, 4.69) is 10.2 Å². The van der Waals surface area contributed by atoms with Crippen LogP contribution in [0.4, 0.5) is 8.78 Å². The summed E-state index contributed by atoms with van der Waals surface area (Å²) in [5.74, 6) is -1.70. The third-order valence-electron chi connectivity index (χ3n) is 6.02. The van der Waals surface area contributed by atoms with E-state index < -0.39 is 23.0 Å². The van der Waals surface area contributed by atoms with Gasteiger partial charge in [0.2, 0.25) is 5.91 Å². The number of amides is 1. The first kappa shape index (κ1) is 15.2. The van der Waals surface area contributed by atoms with Crippen LogP contribution in [-0.2, 0) is 10.2 Å². The Balaban J connectivity index is 1.94. The van der Waals surface area contributed by atoms with Gasteiger partial charge in [0.05, 0.1) is 22.4 Å². The maximum Gasteiger partial charge on any atom is 0.230 e. The highest BCUT2D eigenvalue weighted by Crippen LogP contribution is 2.67. The molecule has 2 bridgehead atoms. The topological polar surface area (TPSA) is 68.9 Å². The van der Waals surface area contributed by atoms with Gasteiger partial charge >= 0.3 is 0 Å². The van der Waals surface area contributed by atoms with Gasteiger partial charge in [-0.15, -0.1) is 5.10 Å². The van der Waals surface area contributed by atoms with Gasteiger partial charge in [0.25, 0.3) is 0 Å². The molecule has 1 aromatic carbocycles. The third kappa shape index (κ3) is 1.58. The average Bonchev–Trinajstić information content (AvgIpc) is 2.89. The minimum Gasteiger partial charge on any atom is -0.369 e. The molecular formula is C18H17F2N3O. The first-order chi connectivity index (χ1) is 11.3. The number of hydrogen-bond donors (Lipinski definition) is 1. The van der Waals surface area contributed by atoms with Crippen LogP contribution in [0.3, 0.4) is 0 Å². The largest absolute Gasteiger partial charge is 0.369 e. The fraction of sp³-hybridized carbons (Fsp3) is 0.389. The summed E-state index contributed by atoms with van der Waals surface area (Å²) in [5.41, 5.74) is 5.84. The lowest BCUT2D eigenvalue weighted by molar-refractivity contribution is -0.126. The van der Waals surface area contributed by atoms with E-state index in [1.807, 2.05) is 13.8 Å². The quantitative estimate of drug-likeness (QED) is 0.920. The number of benzene rings is 1. The summed E-state index contributed by atoms with van der Waals surface area (Å²) in [5, 5.41) is 8.22. The molecule has 0 aliphatic heterocycles. The van der Waals surface area contributed by atoms with Crippen LogP contribution in [0.2, 0.25) is 0 Å². The third-order valence-corrected chi connectivity index (χ3v) is 6.02. The number of halogens is 2. The summed E-state index contributed by atoms with van der Waals surface area (Å²) in [4.78, 5) is 12.3. The number of hydrogen-bond acceptors (Lipinski definition) is 3. The Morgan fingerprint density at radius 3 is 2.54 bits per heavy atom. The molecule has 0 radical (unpaired) electrons. The summed E-state index contributed by atoms with van der Waals surface area (Å²) in [7, 11) is 0. The van der Waals surface area contributed by atoms with Gasteiger partial charge in [-0.3, -0.25) is 4.79 Å². The van der Waals surface area contributed by atoms with E-state index in [0.29, 0.717) is 12.1 Å². The van der Waals surface area contributed by atoms with Gasteiger partial charge < -0.3 is 5.73 Å². The molecule has 0 unspecified atom stereocenters. The smallest absolute Gasteiger partial charge is 0.230 e. The van der Waals surface area contributed by atoms with E-state index >= 15 is 0 Å². The second kappa shape index (κ2) is 4.59. The Morgan fingerprint density at radius 2 is 1.92 bits per heavy atom. The van der Waals surface area contributed by atoms with E-state index in [-0.39, 0.29) is 22.6 Å². The Labute approximate surface area is 138 Å². The summed E-state index contributed by atoms with van der Waals surface area (Å²) in [6, 6.07) is 5.35. The molecule has 2 atom stereocenters. The van der Waals surface area contributed by atoms with Crippen molar-refractivity contribution in [3.8, 4) is 11.3 Å². The highest BCUT2D eigenvalue weighted by Gasteiger charge is 2.66. The first-order valence-corrected chi connectivity index (χ1v) is 7.93. The monoisotopic (exact) mass is 329 g/mol. The molecular weight excluding hydrogens is 312 g/mol. The van der Waals surface area contributed by atoms with Crippen molar-refractivity contribution in [3.05, 3.63) is 47.2 Å². The summed E-state index contributed by atoms with van der Waals surface area (Å²) >= 11 is 0. The summed E-state index contributed by atoms with van der Waals surface area (Å²) < 4.78 is 28.1. The second-order valence-electron chi connectivity index (χ2n) is 7.21. The zero-order valence-electron chi connectivity index (χ0n) is 13.4.